The molecule has 0 aliphatic heterocycles. The van der Waals surface area contributed by atoms with Crippen molar-refractivity contribution in [2.24, 2.45) is 11.8 Å². The molecule has 0 aromatic heterocycles. The molecule has 3 heteroatoms. The van der Waals surface area contributed by atoms with Gasteiger partial charge in [0.25, 0.3) is 0 Å². The Labute approximate surface area is 217 Å². The first-order valence-corrected chi connectivity index (χ1v) is 16.5. The summed E-state index contributed by atoms with van der Waals surface area (Å²) in [5.41, 5.74) is 0. The molecule has 202 valence electrons. The molecule has 5 aliphatic carbocycles. The molecule has 0 bridgehead atoms. The quantitative estimate of drug-likeness (QED) is 0.352. The lowest BCUT2D eigenvalue weighted by Crippen LogP contribution is -2.54. The van der Waals surface area contributed by atoms with Gasteiger partial charge in [-0.2, -0.15) is 0 Å². The van der Waals surface area contributed by atoms with Crippen molar-refractivity contribution in [3.63, 3.8) is 0 Å². The second-order valence-corrected chi connectivity index (χ2v) is 13.5. The maximum atomic E-state index is 12.0. The third kappa shape index (κ3) is 7.05. The highest BCUT2D eigenvalue weighted by atomic mass is 16.3. The van der Waals surface area contributed by atoms with Crippen LogP contribution in [-0.4, -0.2) is 51.8 Å². The molecular weight excluding hydrogens is 428 g/mol. The number of aliphatic hydroxyl groups is 1. The van der Waals surface area contributed by atoms with Gasteiger partial charge in [0.05, 0.1) is 0 Å². The van der Waals surface area contributed by atoms with E-state index in [1.54, 1.807) is 0 Å². The Hall–Kier alpha value is -0.120. The lowest BCUT2D eigenvalue weighted by molar-refractivity contribution is -0.113. The predicted molar refractivity (Wildman–Crippen MR) is 147 cm³/mol. The average molecular weight is 487 g/mol. The molecule has 3 atom stereocenters. The summed E-state index contributed by atoms with van der Waals surface area (Å²) >= 11 is 0. The molecule has 0 spiro atoms. The van der Waals surface area contributed by atoms with Crippen molar-refractivity contribution in [3.8, 4) is 0 Å². The second-order valence-electron chi connectivity index (χ2n) is 13.5. The van der Waals surface area contributed by atoms with Crippen LogP contribution in [0.5, 0.6) is 0 Å². The van der Waals surface area contributed by atoms with Crippen molar-refractivity contribution >= 4 is 0 Å². The van der Waals surface area contributed by atoms with Gasteiger partial charge >= 0.3 is 0 Å². The van der Waals surface area contributed by atoms with Gasteiger partial charge in [0.15, 0.2) is 0 Å². The summed E-state index contributed by atoms with van der Waals surface area (Å²) in [6.07, 6.45) is 33.4. The minimum atomic E-state index is -0.179. The van der Waals surface area contributed by atoms with E-state index < -0.39 is 0 Å². The molecule has 5 rings (SSSR count). The van der Waals surface area contributed by atoms with E-state index in [0.29, 0.717) is 18.0 Å². The van der Waals surface area contributed by atoms with Crippen LogP contribution >= 0.6 is 0 Å². The third-order valence-electron chi connectivity index (χ3n) is 11.1. The van der Waals surface area contributed by atoms with E-state index >= 15 is 0 Å². The molecule has 0 aromatic rings. The fourth-order valence-corrected chi connectivity index (χ4v) is 9.22. The van der Waals surface area contributed by atoms with E-state index in [1.165, 1.54) is 161 Å². The van der Waals surface area contributed by atoms with E-state index in [-0.39, 0.29) is 6.23 Å². The first-order valence-electron chi connectivity index (χ1n) is 16.5. The topological polar surface area (TPSA) is 26.7 Å². The van der Waals surface area contributed by atoms with Crippen LogP contribution in [0.4, 0.5) is 0 Å². The van der Waals surface area contributed by atoms with Gasteiger partial charge in [0.1, 0.15) is 6.23 Å². The number of nitrogens with zero attached hydrogens (tertiary/aromatic N) is 2. The minimum Gasteiger partial charge on any atom is -0.378 e. The zero-order valence-electron chi connectivity index (χ0n) is 23.1. The Bertz CT molecular complexity index is 550. The minimum absolute atomic E-state index is 0.179. The SMILES string of the molecule is OC(C1CCCC(CN(C2CCCCC2)C2CCCCC2)C1)N(C1CCCCC1)C1CCCCC1. The highest BCUT2D eigenvalue weighted by molar-refractivity contribution is 4.91. The maximum absolute atomic E-state index is 12.0. The lowest BCUT2D eigenvalue weighted by Gasteiger charge is -2.48. The highest BCUT2D eigenvalue weighted by Gasteiger charge is 2.39. The van der Waals surface area contributed by atoms with Crippen LogP contribution in [0.25, 0.3) is 0 Å². The first-order chi connectivity index (χ1) is 17.3. The van der Waals surface area contributed by atoms with Gasteiger partial charge < -0.3 is 5.11 Å². The molecule has 0 amide bonds. The third-order valence-corrected chi connectivity index (χ3v) is 11.1. The summed E-state index contributed by atoms with van der Waals surface area (Å²) in [6.45, 7) is 1.34. The van der Waals surface area contributed by atoms with Crippen LogP contribution in [0.15, 0.2) is 0 Å². The molecule has 3 nitrogen and oxygen atoms in total. The van der Waals surface area contributed by atoms with Gasteiger partial charge in [0.2, 0.25) is 0 Å². The Morgan fingerprint density at radius 2 is 0.914 bits per heavy atom. The smallest absolute Gasteiger partial charge is 0.110 e. The monoisotopic (exact) mass is 486 g/mol. The van der Waals surface area contributed by atoms with Crippen molar-refractivity contribution in [3.05, 3.63) is 0 Å². The normalized spacial score (nSPS) is 32.3. The molecule has 0 heterocycles. The van der Waals surface area contributed by atoms with Crippen molar-refractivity contribution in [1.29, 1.82) is 0 Å². The Morgan fingerprint density at radius 3 is 1.37 bits per heavy atom. The summed E-state index contributed by atoms with van der Waals surface area (Å²) in [7, 11) is 0. The van der Waals surface area contributed by atoms with Gasteiger partial charge in [0, 0.05) is 30.7 Å². The van der Waals surface area contributed by atoms with Crippen molar-refractivity contribution in [2.75, 3.05) is 6.54 Å². The summed E-state index contributed by atoms with van der Waals surface area (Å²) in [5.74, 6) is 1.32. The van der Waals surface area contributed by atoms with Crippen LogP contribution in [-0.2, 0) is 0 Å². The summed E-state index contributed by atoms with van der Waals surface area (Å²) < 4.78 is 0. The molecule has 35 heavy (non-hydrogen) atoms. The lowest BCUT2D eigenvalue weighted by atomic mass is 9.77. The van der Waals surface area contributed by atoms with Crippen molar-refractivity contribution in [2.45, 2.75) is 184 Å². The fourth-order valence-electron chi connectivity index (χ4n) is 9.22. The molecule has 3 unspecified atom stereocenters. The predicted octanol–water partition coefficient (Wildman–Crippen LogP) is 8.05. The largest absolute Gasteiger partial charge is 0.378 e. The van der Waals surface area contributed by atoms with Gasteiger partial charge in [-0.25, -0.2) is 0 Å². The van der Waals surface area contributed by atoms with Crippen LogP contribution in [0.1, 0.15) is 154 Å². The highest BCUT2D eigenvalue weighted by Crippen LogP contribution is 2.40. The van der Waals surface area contributed by atoms with Crippen molar-refractivity contribution < 1.29 is 5.11 Å². The summed E-state index contributed by atoms with van der Waals surface area (Å²) in [6, 6.07) is 3.03. The fraction of sp³-hybridized carbons (Fsp3) is 1.00. The molecule has 5 saturated carbocycles. The Morgan fingerprint density at radius 1 is 0.486 bits per heavy atom. The molecule has 1 N–H and O–H groups in total. The Balaban J connectivity index is 1.25. The zero-order chi connectivity index (χ0) is 23.9. The van der Waals surface area contributed by atoms with Crippen LogP contribution in [0, 0.1) is 11.8 Å². The average Bonchev–Trinajstić information content (AvgIpc) is 2.94. The van der Waals surface area contributed by atoms with E-state index in [1.807, 2.05) is 0 Å². The van der Waals surface area contributed by atoms with Crippen LogP contribution in [0.2, 0.25) is 0 Å². The van der Waals surface area contributed by atoms with Crippen LogP contribution in [0.3, 0.4) is 0 Å². The standard InChI is InChI=1S/C32H58N2O/c35-32(34(30-20-9-3-10-21-30)31-22-11-4-12-23-31)27-15-13-14-26(24-27)25-33(28-16-5-1-6-17-28)29-18-7-2-8-19-29/h26-32,35H,1-25H2. The molecule has 5 fully saturated rings. The van der Waals surface area contributed by atoms with Crippen LogP contribution < -0.4 is 0 Å². The van der Waals surface area contributed by atoms with E-state index in [2.05, 4.69) is 9.80 Å². The Kier molecular flexibility index (Phi) is 10.3. The first kappa shape index (κ1) is 26.5. The van der Waals surface area contributed by atoms with Gasteiger partial charge in [-0.15, -0.1) is 0 Å². The molecule has 5 aliphatic rings. The second kappa shape index (κ2) is 13.6. The van der Waals surface area contributed by atoms with E-state index in [9.17, 15) is 5.11 Å². The van der Waals surface area contributed by atoms with Gasteiger partial charge in [-0.3, -0.25) is 9.80 Å². The van der Waals surface area contributed by atoms with Gasteiger partial charge in [-0.1, -0.05) is 83.5 Å². The maximum Gasteiger partial charge on any atom is 0.110 e. The van der Waals surface area contributed by atoms with E-state index in [0.717, 1.165) is 18.0 Å². The number of aliphatic hydroxyl groups excluding tert-OH is 1. The number of hydrogen-bond donors (Lipinski definition) is 1. The van der Waals surface area contributed by atoms with Gasteiger partial charge in [-0.05, 0) is 82.5 Å². The molecule has 0 aromatic carbocycles. The molecule has 0 radical (unpaired) electrons. The zero-order valence-corrected chi connectivity index (χ0v) is 23.1. The number of rotatable bonds is 8. The molecule has 0 saturated heterocycles. The van der Waals surface area contributed by atoms with Crippen molar-refractivity contribution in [1.82, 2.24) is 9.80 Å². The summed E-state index contributed by atoms with van der Waals surface area (Å²) in [4.78, 5) is 5.78. The molecular formula is C32H58N2O. The summed E-state index contributed by atoms with van der Waals surface area (Å²) in [5, 5.41) is 12.0. The van der Waals surface area contributed by atoms with E-state index in [4.69, 9.17) is 0 Å². The number of hydrogen-bond acceptors (Lipinski definition) is 3.